The zero-order chi connectivity index (χ0) is 11.0. The lowest BCUT2D eigenvalue weighted by Crippen LogP contribution is -2.46. The molecule has 0 saturated heterocycles. The van der Waals surface area contributed by atoms with E-state index in [-0.39, 0.29) is 12.3 Å². The second kappa shape index (κ2) is 3.55. The Morgan fingerprint density at radius 2 is 2.27 bits per heavy atom. The highest BCUT2D eigenvalue weighted by Gasteiger charge is 2.29. The van der Waals surface area contributed by atoms with Gasteiger partial charge in [0.1, 0.15) is 6.04 Å². The van der Waals surface area contributed by atoms with Gasteiger partial charge in [-0.25, -0.2) is 4.79 Å². The number of halogens is 1. The monoisotopic (exact) mass is 225 g/mol. The Morgan fingerprint density at radius 3 is 2.93 bits per heavy atom. The van der Waals surface area contributed by atoms with Crippen molar-refractivity contribution in [3.8, 4) is 0 Å². The largest absolute Gasteiger partial charge is 0.480 e. The molecule has 78 valence electrons. The summed E-state index contributed by atoms with van der Waals surface area (Å²) in [5, 5.41) is 11.7. The van der Waals surface area contributed by atoms with E-state index in [1.807, 2.05) is 0 Å². The standard InChI is InChI=1S/C10H8ClNO3/c11-7-3-1-2-5-6(7)4-8(10(14)15)12-9(5)13/h1-3,8H,4H2,(H,12,13)(H,14,15). The second-order valence-electron chi connectivity index (χ2n) is 3.33. The molecule has 1 aromatic rings. The van der Waals surface area contributed by atoms with E-state index in [1.54, 1.807) is 18.2 Å². The maximum Gasteiger partial charge on any atom is 0.326 e. The van der Waals surface area contributed by atoms with E-state index in [9.17, 15) is 9.59 Å². The van der Waals surface area contributed by atoms with Gasteiger partial charge in [-0.2, -0.15) is 0 Å². The number of carboxylic acids is 1. The zero-order valence-electron chi connectivity index (χ0n) is 7.66. The lowest BCUT2D eigenvalue weighted by molar-refractivity contribution is -0.139. The first kappa shape index (κ1) is 9.98. The highest BCUT2D eigenvalue weighted by Crippen LogP contribution is 2.24. The van der Waals surface area contributed by atoms with Crippen molar-refractivity contribution in [1.29, 1.82) is 0 Å². The van der Waals surface area contributed by atoms with E-state index in [4.69, 9.17) is 16.7 Å². The number of amides is 1. The van der Waals surface area contributed by atoms with Gasteiger partial charge in [-0.15, -0.1) is 0 Å². The molecule has 5 heteroatoms. The van der Waals surface area contributed by atoms with E-state index in [0.717, 1.165) is 0 Å². The van der Waals surface area contributed by atoms with Crippen molar-refractivity contribution in [1.82, 2.24) is 5.32 Å². The first-order valence-electron chi connectivity index (χ1n) is 4.40. The van der Waals surface area contributed by atoms with Crippen molar-refractivity contribution in [3.63, 3.8) is 0 Å². The molecule has 0 bridgehead atoms. The molecule has 4 nitrogen and oxygen atoms in total. The summed E-state index contributed by atoms with van der Waals surface area (Å²) in [6.45, 7) is 0. The minimum atomic E-state index is -1.05. The first-order chi connectivity index (χ1) is 7.09. The molecule has 0 fully saturated rings. The third-order valence-corrected chi connectivity index (χ3v) is 2.73. The van der Waals surface area contributed by atoms with Crippen LogP contribution < -0.4 is 5.32 Å². The molecule has 1 unspecified atom stereocenters. The fraction of sp³-hybridized carbons (Fsp3) is 0.200. The number of fused-ring (bicyclic) bond motifs is 1. The lowest BCUT2D eigenvalue weighted by Gasteiger charge is -2.23. The summed E-state index contributed by atoms with van der Waals surface area (Å²) in [6, 6.07) is 4.07. The number of carbonyl (C=O) groups is 2. The fourth-order valence-electron chi connectivity index (χ4n) is 1.62. The summed E-state index contributed by atoms with van der Waals surface area (Å²) in [6.07, 6.45) is 0.232. The van der Waals surface area contributed by atoms with Crippen LogP contribution in [0, 0.1) is 0 Å². The molecule has 0 aromatic heterocycles. The van der Waals surface area contributed by atoms with E-state index in [2.05, 4.69) is 5.32 Å². The Morgan fingerprint density at radius 1 is 1.53 bits per heavy atom. The molecule has 0 saturated carbocycles. The van der Waals surface area contributed by atoms with Gasteiger partial charge in [0.05, 0.1) is 0 Å². The molecular weight excluding hydrogens is 218 g/mol. The number of aliphatic carboxylic acids is 1. The van der Waals surface area contributed by atoms with Crippen LogP contribution in [0.1, 0.15) is 15.9 Å². The third-order valence-electron chi connectivity index (χ3n) is 2.38. The number of nitrogens with one attached hydrogen (secondary N) is 1. The highest BCUT2D eigenvalue weighted by atomic mass is 35.5. The Balaban J connectivity index is 2.46. The maximum absolute atomic E-state index is 11.5. The number of carbonyl (C=O) groups excluding carboxylic acids is 1. The zero-order valence-corrected chi connectivity index (χ0v) is 8.41. The predicted molar refractivity (Wildman–Crippen MR) is 54.0 cm³/mol. The molecule has 2 rings (SSSR count). The topological polar surface area (TPSA) is 66.4 Å². The van der Waals surface area contributed by atoms with Crippen molar-refractivity contribution in [2.24, 2.45) is 0 Å². The van der Waals surface area contributed by atoms with Crippen molar-refractivity contribution < 1.29 is 14.7 Å². The van der Waals surface area contributed by atoms with Gasteiger partial charge >= 0.3 is 5.97 Å². The van der Waals surface area contributed by atoms with Gasteiger partial charge in [0.15, 0.2) is 0 Å². The molecule has 2 N–H and O–H groups in total. The van der Waals surface area contributed by atoms with Crippen molar-refractivity contribution in [2.75, 3.05) is 0 Å². The van der Waals surface area contributed by atoms with Crippen LogP contribution in [0.25, 0.3) is 0 Å². The molecule has 1 aromatic carbocycles. The molecule has 0 aliphatic carbocycles. The Bertz CT molecular complexity index is 444. The van der Waals surface area contributed by atoms with E-state index in [1.165, 1.54) is 0 Å². The number of hydrogen-bond acceptors (Lipinski definition) is 2. The number of carboxylic acid groups (broad SMARTS) is 1. The molecular formula is C10H8ClNO3. The number of rotatable bonds is 1. The fourth-order valence-corrected chi connectivity index (χ4v) is 1.87. The summed E-state index contributed by atoms with van der Waals surface area (Å²) in [5.74, 6) is -1.43. The maximum atomic E-state index is 11.5. The molecule has 1 amide bonds. The summed E-state index contributed by atoms with van der Waals surface area (Å²) in [5.41, 5.74) is 1.07. The lowest BCUT2D eigenvalue weighted by atomic mass is 9.95. The molecule has 0 radical (unpaired) electrons. The Kier molecular flexibility index (Phi) is 2.36. The van der Waals surface area contributed by atoms with Crippen molar-refractivity contribution in [2.45, 2.75) is 12.5 Å². The van der Waals surface area contributed by atoms with Gasteiger partial charge in [-0.05, 0) is 17.7 Å². The van der Waals surface area contributed by atoms with Gasteiger partial charge in [-0.3, -0.25) is 4.79 Å². The second-order valence-corrected chi connectivity index (χ2v) is 3.74. The SMILES string of the molecule is O=C1NC(C(=O)O)Cc2c(Cl)cccc21. The van der Waals surface area contributed by atoms with Gasteiger partial charge < -0.3 is 10.4 Å². The highest BCUT2D eigenvalue weighted by molar-refractivity contribution is 6.32. The minimum Gasteiger partial charge on any atom is -0.480 e. The summed E-state index contributed by atoms with van der Waals surface area (Å²) < 4.78 is 0. The van der Waals surface area contributed by atoms with Crippen LogP contribution in [0.5, 0.6) is 0 Å². The quantitative estimate of drug-likeness (QED) is 0.752. The van der Waals surface area contributed by atoms with Gasteiger partial charge in [-0.1, -0.05) is 17.7 Å². The van der Waals surface area contributed by atoms with E-state index in [0.29, 0.717) is 16.1 Å². The van der Waals surface area contributed by atoms with Gasteiger partial charge in [0, 0.05) is 17.0 Å². The number of hydrogen-bond donors (Lipinski definition) is 2. The minimum absolute atomic E-state index is 0.232. The molecule has 1 aliphatic heterocycles. The van der Waals surface area contributed by atoms with Crippen LogP contribution in [-0.4, -0.2) is 23.0 Å². The van der Waals surface area contributed by atoms with Gasteiger partial charge in [0.25, 0.3) is 5.91 Å². The molecule has 1 atom stereocenters. The van der Waals surface area contributed by atoms with E-state index >= 15 is 0 Å². The molecule has 1 aliphatic rings. The summed E-state index contributed by atoms with van der Waals surface area (Å²) in [7, 11) is 0. The third kappa shape index (κ3) is 1.68. The number of benzene rings is 1. The van der Waals surface area contributed by atoms with Crippen LogP contribution in [-0.2, 0) is 11.2 Å². The Labute approximate surface area is 90.9 Å². The van der Waals surface area contributed by atoms with Crippen LogP contribution in [0.4, 0.5) is 0 Å². The van der Waals surface area contributed by atoms with E-state index < -0.39 is 12.0 Å². The first-order valence-corrected chi connectivity index (χ1v) is 4.78. The molecule has 15 heavy (non-hydrogen) atoms. The predicted octanol–water partition coefficient (Wildman–Crippen LogP) is 1.08. The average molecular weight is 226 g/mol. The van der Waals surface area contributed by atoms with Crippen LogP contribution in [0.2, 0.25) is 5.02 Å². The smallest absolute Gasteiger partial charge is 0.326 e. The normalized spacial score (nSPS) is 19.3. The Hall–Kier alpha value is -1.55. The van der Waals surface area contributed by atoms with Crippen LogP contribution in [0.15, 0.2) is 18.2 Å². The van der Waals surface area contributed by atoms with Crippen molar-refractivity contribution in [3.05, 3.63) is 34.3 Å². The van der Waals surface area contributed by atoms with Crippen molar-refractivity contribution >= 4 is 23.5 Å². The molecule has 0 spiro atoms. The molecule has 1 heterocycles. The summed E-state index contributed by atoms with van der Waals surface area (Å²) in [4.78, 5) is 22.3. The van der Waals surface area contributed by atoms with Crippen LogP contribution in [0.3, 0.4) is 0 Å². The van der Waals surface area contributed by atoms with Gasteiger partial charge in [0.2, 0.25) is 0 Å². The summed E-state index contributed by atoms with van der Waals surface area (Å²) >= 11 is 5.90. The average Bonchev–Trinajstić information content (AvgIpc) is 2.19. The van der Waals surface area contributed by atoms with Crippen LogP contribution >= 0.6 is 11.6 Å².